The highest BCUT2D eigenvalue weighted by atomic mass is 16.5. The summed E-state index contributed by atoms with van der Waals surface area (Å²) in [5.41, 5.74) is 2.32. The molecule has 2 unspecified atom stereocenters. The lowest BCUT2D eigenvalue weighted by atomic mass is 10.0. The van der Waals surface area contributed by atoms with Crippen molar-refractivity contribution in [1.82, 2.24) is 0 Å². The number of benzene rings is 2. The van der Waals surface area contributed by atoms with Crippen molar-refractivity contribution in [2.24, 2.45) is 0 Å². The minimum absolute atomic E-state index is 0.0496. The molecule has 2 atom stereocenters. The second kappa shape index (κ2) is 12.6. The summed E-state index contributed by atoms with van der Waals surface area (Å²) in [6.45, 7) is 1.47. The molecule has 0 amide bonds. The molecular formula is C25H30O6. The fraction of sp³-hybridized carbons (Fsp3) is 0.400. The molecule has 6 nitrogen and oxygen atoms in total. The Hall–Kier alpha value is -2.99. The van der Waals surface area contributed by atoms with E-state index in [0.717, 1.165) is 12.0 Å². The molecule has 2 aromatic carbocycles. The van der Waals surface area contributed by atoms with E-state index in [1.807, 2.05) is 30.3 Å². The molecule has 0 aliphatic carbocycles. The van der Waals surface area contributed by atoms with Crippen LogP contribution in [0.4, 0.5) is 0 Å². The maximum Gasteiger partial charge on any atom is 0.335 e. The standard InChI is InChI=1S/C25H30O6/c1-18(26)16-23(15-11-20-8-12-21(13-9-20)25(28)29)31-24(27)17-22(30-2)14-10-19-6-4-3-5-7-19/h3-9,12-13,22-23H,10-11,14-17H2,1-2H3,(H,28,29). The molecule has 0 aliphatic heterocycles. The van der Waals surface area contributed by atoms with Crippen molar-refractivity contribution in [2.45, 2.75) is 57.7 Å². The minimum atomic E-state index is -0.977. The van der Waals surface area contributed by atoms with Gasteiger partial charge in [-0.1, -0.05) is 42.5 Å². The Labute approximate surface area is 183 Å². The second-order valence-electron chi connectivity index (χ2n) is 7.64. The van der Waals surface area contributed by atoms with E-state index >= 15 is 0 Å². The Morgan fingerprint density at radius 3 is 1.97 bits per heavy atom. The van der Waals surface area contributed by atoms with Gasteiger partial charge in [0.05, 0.1) is 18.1 Å². The number of carboxylic acids is 1. The molecular weight excluding hydrogens is 396 g/mol. The number of esters is 1. The van der Waals surface area contributed by atoms with Gasteiger partial charge in [-0.25, -0.2) is 4.79 Å². The predicted molar refractivity (Wildman–Crippen MR) is 117 cm³/mol. The van der Waals surface area contributed by atoms with Crippen molar-refractivity contribution in [2.75, 3.05) is 7.11 Å². The Morgan fingerprint density at radius 1 is 0.839 bits per heavy atom. The first kappa shape index (κ1) is 24.3. The smallest absolute Gasteiger partial charge is 0.335 e. The molecule has 1 N–H and O–H groups in total. The van der Waals surface area contributed by atoms with Crippen LogP contribution in [-0.4, -0.2) is 42.1 Å². The number of carboxylic acid groups (broad SMARTS) is 1. The van der Waals surface area contributed by atoms with Crippen LogP contribution in [0, 0.1) is 0 Å². The lowest BCUT2D eigenvalue weighted by Gasteiger charge is -2.19. The van der Waals surface area contributed by atoms with Crippen LogP contribution in [0.5, 0.6) is 0 Å². The largest absolute Gasteiger partial charge is 0.478 e. The third-order valence-corrected chi connectivity index (χ3v) is 5.09. The van der Waals surface area contributed by atoms with Crippen molar-refractivity contribution in [1.29, 1.82) is 0 Å². The number of aryl methyl sites for hydroxylation is 2. The summed E-state index contributed by atoms with van der Waals surface area (Å²) < 4.78 is 11.0. The van der Waals surface area contributed by atoms with Gasteiger partial charge in [0.15, 0.2) is 0 Å². The summed E-state index contributed by atoms with van der Waals surface area (Å²) >= 11 is 0. The molecule has 0 saturated heterocycles. The molecule has 0 bridgehead atoms. The van der Waals surface area contributed by atoms with E-state index in [9.17, 15) is 14.4 Å². The summed E-state index contributed by atoms with van der Waals surface area (Å²) in [5, 5.41) is 8.98. The van der Waals surface area contributed by atoms with Gasteiger partial charge < -0.3 is 14.6 Å². The number of rotatable bonds is 13. The molecule has 6 heteroatoms. The highest BCUT2D eigenvalue weighted by Crippen LogP contribution is 2.16. The molecule has 0 saturated carbocycles. The summed E-state index contributed by atoms with van der Waals surface area (Å²) in [6, 6.07) is 16.6. The molecule has 0 aromatic heterocycles. The van der Waals surface area contributed by atoms with Crippen molar-refractivity contribution >= 4 is 17.7 Å². The first-order valence-corrected chi connectivity index (χ1v) is 10.4. The van der Waals surface area contributed by atoms with Gasteiger partial charge in [0.2, 0.25) is 0 Å². The van der Waals surface area contributed by atoms with Crippen LogP contribution in [0.25, 0.3) is 0 Å². The van der Waals surface area contributed by atoms with E-state index in [-0.39, 0.29) is 36.3 Å². The molecule has 0 fully saturated rings. The van der Waals surface area contributed by atoms with Gasteiger partial charge in [-0.2, -0.15) is 0 Å². The van der Waals surface area contributed by atoms with E-state index in [2.05, 4.69) is 0 Å². The maximum absolute atomic E-state index is 12.5. The molecule has 0 radical (unpaired) electrons. The maximum atomic E-state index is 12.5. The Bertz CT molecular complexity index is 844. The number of hydrogen-bond acceptors (Lipinski definition) is 5. The number of Topliss-reactive ketones (excluding diaryl/α,β-unsaturated/α-hetero) is 1. The summed E-state index contributed by atoms with van der Waals surface area (Å²) in [5.74, 6) is -1.41. The summed E-state index contributed by atoms with van der Waals surface area (Å²) in [7, 11) is 1.58. The van der Waals surface area contributed by atoms with Gasteiger partial charge in [0, 0.05) is 13.5 Å². The third kappa shape index (κ3) is 9.13. The molecule has 166 valence electrons. The number of hydrogen-bond donors (Lipinski definition) is 1. The van der Waals surface area contributed by atoms with E-state index in [4.69, 9.17) is 14.6 Å². The second-order valence-corrected chi connectivity index (χ2v) is 7.64. The van der Waals surface area contributed by atoms with E-state index in [1.54, 1.807) is 31.4 Å². The van der Waals surface area contributed by atoms with Gasteiger partial charge in [0.1, 0.15) is 11.9 Å². The third-order valence-electron chi connectivity index (χ3n) is 5.09. The van der Waals surface area contributed by atoms with Gasteiger partial charge in [-0.15, -0.1) is 0 Å². The number of ketones is 1. The molecule has 2 aromatic rings. The number of carbonyl (C=O) groups excluding carboxylic acids is 2. The average Bonchev–Trinajstić information content (AvgIpc) is 2.75. The average molecular weight is 427 g/mol. The predicted octanol–water partition coefficient (Wildman–Crippen LogP) is 4.25. The number of carbonyl (C=O) groups is 3. The Morgan fingerprint density at radius 2 is 1.42 bits per heavy atom. The molecule has 0 spiro atoms. The van der Waals surface area contributed by atoms with Crippen molar-refractivity contribution < 1.29 is 29.0 Å². The van der Waals surface area contributed by atoms with Crippen LogP contribution >= 0.6 is 0 Å². The highest BCUT2D eigenvalue weighted by Gasteiger charge is 2.20. The number of ether oxygens (including phenoxy) is 2. The zero-order valence-corrected chi connectivity index (χ0v) is 18.1. The normalized spacial score (nSPS) is 12.7. The van der Waals surface area contributed by atoms with Crippen LogP contribution in [-0.2, 0) is 31.9 Å². The zero-order valence-electron chi connectivity index (χ0n) is 18.1. The quantitative estimate of drug-likeness (QED) is 0.482. The van der Waals surface area contributed by atoms with Gasteiger partial charge in [-0.05, 0) is 55.9 Å². The van der Waals surface area contributed by atoms with E-state index in [1.165, 1.54) is 12.5 Å². The first-order valence-electron chi connectivity index (χ1n) is 10.4. The van der Waals surface area contributed by atoms with Crippen molar-refractivity contribution in [3.05, 3.63) is 71.3 Å². The van der Waals surface area contributed by atoms with Crippen molar-refractivity contribution in [3.8, 4) is 0 Å². The monoisotopic (exact) mass is 426 g/mol. The summed E-state index contributed by atoms with van der Waals surface area (Å²) in [4.78, 5) is 35.0. The van der Waals surface area contributed by atoms with Crippen LogP contribution in [0.15, 0.2) is 54.6 Å². The van der Waals surface area contributed by atoms with Crippen molar-refractivity contribution in [3.63, 3.8) is 0 Å². The lowest BCUT2D eigenvalue weighted by Crippen LogP contribution is -2.25. The molecule has 0 aliphatic rings. The Balaban J connectivity index is 1.87. The van der Waals surface area contributed by atoms with Crippen LogP contribution < -0.4 is 0 Å². The highest BCUT2D eigenvalue weighted by molar-refractivity contribution is 5.87. The van der Waals surface area contributed by atoms with Gasteiger partial charge >= 0.3 is 11.9 Å². The summed E-state index contributed by atoms with van der Waals surface area (Å²) in [6.07, 6.45) is 2.07. The lowest BCUT2D eigenvalue weighted by molar-refractivity contribution is -0.153. The van der Waals surface area contributed by atoms with Gasteiger partial charge in [0.25, 0.3) is 0 Å². The van der Waals surface area contributed by atoms with Crippen LogP contribution in [0.2, 0.25) is 0 Å². The minimum Gasteiger partial charge on any atom is -0.478 e. The first-order chi connectivity index (χ1) is 14.9. The number of aromatic carboxylic acids is 1. The van der Waals surface area contributed by atoms with E-state index in [0.29, 0.717) is 19.3 Å². The SMILES string of the molecule is COC(CCc1ccccc1)CC(=O)OC(CCc1ccc(C(=O)O)cc1)CC(C)=O. The van der Waals surface area contributed by atoms with Crippen LogP contribution in [0.3, 0.4) is 0 Å². The van der Waals surface area contributed by atoms with Crippen LogP contribution in [0.1, 0.15) is 54.1 Å². The van der Waals surface area contributed by atoms with Gasteiger partial charge in [-0.3, -0.25) is 9.59 Å². The fourth-order valence-corrected chi connectivity index (χ4v) is 3.36. The molecule has 31 heavy (non-hydrogen) atoms. The number of methoxy groups -OCH3 is 1. The molecule has 0 heterocycles. The fourth-order valence-electron chi connectivity index (χ4n) is 3.36. The Kier molecular flexibility index (Phi) is 9.91. The molecule has 2 rings (SSSR count). The zero-order chi connectivity index (χ0) is 22.6. The van der Waals surface area contributed by atoms with E-state index < -0.39 is 12.1 Å². The topological polar surface area (TPSA) is 89.9 Å².